The minimum absolute atomic E-state index is 0.367. The van der Waals surface area contributed by atoms with E-state index in [4.69, 9.17) is 0 Å². The van der Waals surface area contributed by atoms with Gasteiger partial charge in [0.15, 0.2) is 0 Å². The van der Waals surface area contributed by atoms with E-state index in [0.717, 1.165) is 19.6 Å². The summed E-state index contributed by atoms with van der Waals surface area (Å²) in [5.74, 6) is 0. The highest BCUT2D eigenvalue weighted by atomic mass is 32.1. The fourth-order valence-corrected chi connectivity index (χ4v) is 2.41. The van der Waals surface area contributed by atoms with Gasteiger partial charge in [-0.25, -0.2) is 4.98 Å². The Morgan fingerprint density at radius 3 is 2.69 bits per heavy atom. The van der Waals surface area contributed by atoms with E-state index < -0.39 is 0 Å². The van der Waals surface area contributed by atoms with Gasteiger partial charge < -0.3 is 5.32 Å². The van der Waals surface area contributed by atoms with Gasteiger partial charge >= 0.3 is 0 Å². The van der Waals surface area contributed by atoms with Gasteiger partial charge in [-0.2, -0.15) is 0 Å². The molecular formula is C12H23N3S. The van der Waals surface area contributed by atoms with Gasteiger partial charge in [0.05, 0.1) is 6.04 Å². The van der Waals surface area contributed by atoms with Gasteiger partial charge in [0.25, 0.3) is 0 Å². The maximum Gasteiger partial charge on any atom is 0.109 e. The Labute approximate surface area is 103 Å². The van der Waals surface area contributed by atoms with Crippen LogP contribution in [0.15, 0.2) is 11.6 Å². The number of hydrogen-bond acceptors (Lipinski definition) is 4. The maximum absolute atomic E-state index is 4.31. The molecule has 1 rings (SSSR count). The molecule has 0 aromatic carbocycles. The molecule has 0 radical (unpaired) electrons. The Kier molecular flexibility index (Phi) is 5.95. The number of likely N-dealkylation sites (N-methyl/N-ethyl adjacent to an activating group) is 1. The zero-order valence-corrected chi connectivity index (χ0v) is 11.5. The fourth-order valence-electron chi connectivity index (χ4n) is 1.74. The van der Waals surface area contributed by atoms with Crippen molar-refractivity contribution < 1.29 is 0 Å². The average molecular weight is 241 g/mol. The highest BCUT2D eigenvalue weighted by Gasteiger charge is 2.09. The quantitative estimate of drug-likeness (QED) is 0.795. The Balaban J connectivity index is 2.25. The fraction of sp³-hybridized carbons (Fsp3) is 0.750. The molecule has 4 heteroatoms. The van der Waals surface area contributed by atoms with Crippen molar-refractivity contribution in [2.75, 3.05) is 19.6 Å². The zero-order chi connectivity index (χ0) is 12.0. The summed E-state index contributed by atoms with van der Waals surface area (Å²) in [6.45, 7) is 12.1. The van der Waals surface area contributed by atoms with Gasteiger partial charge in [-0.3, -0.25) is 4.90 Å². The Morgan fingerprint density at radius 2 is 2.19 bits per heavy atom. The molecular weight excluding hydrogens is 218 g/mol. The molecule has 0 aliphatic rings. The van der Waals surface area contributed by atoms with Gasteiger partial charge in [0.1, 0.15) is 5.01 Å². The van der Waals surface area contributed by atoms with Crippen LogP contribution in [0.4, 0.5) is 0 Å². The third-order valence-corrected chi connectivity index (χ3v) is 3.77. The van der Waals surface area contributed by atoms with Crippen molar-refractivity contribution in [2.24, 2.45) is 0 Å². The molecule has 1 heterocycles. The third kappa shape index (κ3) is 4.20. The van der Waals surface area contributed by atoms with E-state index in [1.165, 1.54) is 5.01 Å². The molecule has 1 N–H and O–H groups in total. The van der Waals surface area contributed by atoms with Gasteiger partial charge in [0, 0.05) is 30.7 Å². The first-order valence-electron chi connectivity index (χ1n) is 6.02. The van der Waals surface area contributed by atoms with Crippen molar-refractivity contribution in [2.45, 2.75) is 39.8 Å². The summed E-state index contributed by atoms with van der Waals surface area (Å²) in [6, 6.07) is 0.993. The molecule has 0 bridgehead atoms. The Hall–Kier alpha value is -0.450. The second kappa shape index (κ2) is 6.99. The monoisotopic (exact) mass is 241 g/mol. The third-order valence-electron chi connectivity index (χ3n) is 2.81. The van der Waals surface area contributed by atoms with Gasteiger partial charge in [-0.15, -0.1) is 11.3 Å². The van der Waals surface area contributed by atoms with Crippen LogP contribution < -0.4 is 5.32 Å². The summed E-state index contributed by atoms with van der Waals surface area (Å²) < 4.78 is 0. The van der Waals surface area contributed by atoms with Crippen molar-refractivity contribution in [3.05, 3.63) is 16.6 Å². The van der Waals surface area contributed by atoms with Crippen molar-refractivity contribution in [3.63, 3.8) is 0 Å². The summed E-state index contributed by atoms with van der Waals surface area (Å²) in [5, 5.41) is 6.71. The number of thiazole rings is 1. The van der Waals surface area contributed by atoms with E-state index in [2.05, 4.69) is 42.9 Å². The second-order valence-electron chi connectivity index (χ2n) is 4.27. The van der Waals surface area contributed by atoms with Gasteiger partial charge in [0.2, 0.25) is 0 Å². The van der Waals surface area contributed by atoms with Crippen molar-refractivity contribution in [1.82, 2.24) is 15.2 Å². The lowest BCUT2D eigenvalue weighted by atomic mass is 10.3. The van der Waals surface area contributed by atoms with E-state index in [0.29, 0.717) is 12.1 Å². The van der Waals surface area contributed by atoms with Crippen LogP contribution in [0, 0.1) is 0 Å². The SMILES string of the molecule is CCN(CCNC(C)c1nccs1)C(C)C. The van der Waals surface area contributed by atoms with Crippen LogP contribution >= 0.6 is 11.3 Å². The van der Waals surface area contributed by atoms with Crippen molar-refractivity contribution >= 4 is 11.3 Å². The lowest BCUT2D eigenvalue weighted by Crippen LogP contribution is -2.37. The summed E-state index contributed by atoms with van der Waals surface area (Å²) in [5.41, 5.74) is 0. The smallest absolute Gasteiger partial charge is 0.109 e. The van der Waals surface area contributed by atoms with Crippen LogP contribution in [-0.2, 0) is 0 Å². The molecule has 0 amide bonds. The van der Waals surface area contributed by atoms with Crippen LogP contribution in [0.2, 0.25) is 0 Å². The maximum atomic E-state index is 4.31. The summed E-state index contributed by atoms with van der Waals surface area (Å²) in [4.78, 5) is 6.77. The highest BCUT2D eigenvalue weighted by molar-refractivity contribution is 7.09. The predicted molar refractivity (Wildman–Crippen MR) is 70.9 cm³/mol. The number of nitrogens with zero attached hydrogens (tertiary/aromatic N) is 2. The molecule has 0 saturated carbocycles. The minimum atomic E-state index is 0.367. The van der Waals surface area contributed by atoms with Crippen LogP contribution in [0.25, 0.3) is 0 Å². The lowest BCUT2D eigenvalue weighted by Gasteiger charge is -2.25. The van der Waals surface area contributed by atoms with E-state index in [1.807, 2.05) is 11.6 Å². The molecule has 0 spiro atoms. The first-order valence-corrected chi connectivity index (χ1v) is 6.90. The van der Waals surface area contributed by atoms with E-state index in [1.54, 1.807) is 11.3 Å². The number of aromatic nitrogens is 1. The van der Waals surface area contributed by atoms with E-state index >= 15 is 0 Å². The molecule has 0 saturated heterocycles. The van der Waals surface area contributed by atoms with Gasteiger partial charge in [-0.05, 0) is 27.3 Å². The highest BCUT2D eigenvalue weighted by Crippen LogP contribution is 2.14. The number of rotatable bonds is 7. The lowest BCUT2D eigenvalue weighted by molar-refractivity contribution is 0.231. The molecule has 0 aliphatic heterocycles. The largest absolute Gasteiger partial charge is 0.307 e. The molecule has 1 atom stereocenters. The summed E-state index contributed by atoms with van der Waals surface area (Å²) in [7, 11) is 0. The molecule has 92 valence electrons. The van der Waals surface area contributed by atoms with Crippen LogP contribution in [0.1, 0.15) is 38.7 Å². The van der Waals surface area contributed by atoms with Crippen LogP contribution in [0.5, 0.6) is 0 Å². The number of nitrogens with one attached hydrogen (secondary N) is 1. The minimum Gasteiger partial charge on any atom is -0.307 e. The van der Waals surface area contributed by atoms with Crippen molar-refractivity contribution in [1.29, 1.82) is 0 Å². The topological polar surface area (TPSA) is 28.2 Å². The average Bonchev–Trinajstić information content (AvgIpc) is 2.76. The second-order valence-corrected chi connectivity index (χ2v) is 5.19. The Morgan fingerprint density at radius 1 is 1.44 bits per heavy atom. The molecule has 16 heavy (non-hydrogen) atoms. The first kappa shape index (κ1) is 13.6. The predicted octanol–water partition coefficient (Wildman–Crippen LogP) is 2.52. The Bertz CT molecular complexity index is 272. The first-order chi connectivity index (χ1) is 7.65. The standard InChI is InChI=1S/C12H23N3S/c1-5-15(10(2)3)8-6-13-11(4)12-14-7-9-16-12/h7,9-11,13H,5-6,8H2,1-4H3. The molecule has 3 nitrogen and oxygen atoms in total. The zero-order valence-electron chi connectivity index (χ0n) is 10.7. The summed E-state index contributed by atoms with van der Waals surface area (Å²) >= 11 is 1.71. The van der Waals surface area contributed by atoms with Crippen LogP contribution in [0.3, 0.4) is 0 Å². The van der Waals surface area contributed by atoms with E-state index in [-0.39, 0.29) is 0 Å². The molecule has 0 fully saturated rings. The van der Waals surface area contributed by atoms with Crippen molar-refractivity contribution in [3.8, 4) is 0 Å². The van der Waals surface area contributed by atoms with Crippen LogP contribution in [-0.4, -0.2) is 35.6 Å². The summed E-state index contributed by atoms with van der Waals surface area (Å²) in [6.07, 6.45) is 1.87. The molecule has 1 aromatic heterocycles. The number of hydrogen-bond donors (Lipinski definition) is 1. The molecule has 1 unspecified atom stereocenters. The van der Waals surface area contributed by atoms with E-state index in [9.17, 15) is 0 Å². The molecule has 0 aliphatic carbocycles. The van der Waals surface area contributed by atoms with Gasteiger partial charge in [-0.1, -0.05) is 6.92 Å². The normalized spacial score (nSPS) is 13.6. The molecule has 1 aromatic rings.